The average Bonchev–Trinajstić information content (AvgIpc) is 2.98. The molecule has 0 radical (unpaired) electrons. The van der Waals surface area contributed by atoms with Crippen LogP contribution in [0.4, 0.5) is 0 Å². The zero-order valence-corrected chi connectivity index (χ0v) is 18.2. The Balaban J connectivity index is 1.67. The van der Waals surface area contributed by atoms with Gasteiger partial charge in [0.1, 0.15) is 5.60 Å². The van der Waals surface area contributed by atoms with E-state index >= 15 is 0 Å². The zero-order valence-electron chi connectivity index (χ0n) is 18.2. The highest BCUT2D eigenvalue weighted by atomic mass is 16.3. The van der Waals surface area contributed by atoms with E-state index in [0.29, 0.717) is 6.42 Å². The molecule has 0 aromatic rings. The topological polar surface area (TPSA) is 138 Å². The van der Waals surface area contributed by atoms with E-state index in [-0.39, 0.29) is 49.3 Å². The molecule has 0 amide bonds. The predicted octanol–water partition coefficient (Wildman–Crippen LogP) is 0.844. The van der Waals surface area contributed by atoms with E-state index < -0.39 is 40.2 Å². The number of rotatable bonds is 5. The van der Waals surface area contributed by atoms with Gasteiger partial charge in [0, 0.05) is 23.2 Å². The number of hydrogen-bond donors (Lipinski definition) is 4. The van der Waals surface area contributed by atoms with Gasteiger partial charge in [-0.3, -0.25) is 14.4 Å². The minimum absolute atomic E-state index is 0.0222. The second-order valence-electron chi connectivity index (χ2n) is 10.4. The molecule has 2 unspecified atom stereocenters. The molecule has 3 saturated carbocycles. The molecule has 3 fully saturated rings. The summed E-state index contributed by atoms with van der Waals surface area (Å²) in [6, 6.07) is 0. The number of carbonyl (C=O) groups excluding carboxylic acids is 3. The van der Waals surface area contributed by atoms with Crippen LogP contribution in [-0.4, -0.2) is 57.0 Å². The first-order valence-corrected chi connectivity index (χ1v) is 11.3. The maximum Gasteiger partial charge on any atom is 0.200 e. The van der Waals surface area contributed by atoms with Crippen molar-refractivity contribution in [2.24, 2.45) is 34.3 Å². The van der Waals surface area contributed by atoms with Gasteiger partial charge >= 0.3 is 0 Å². The fourth-order valence-electron chi connectivity index (χ4n) is 7.39. The lowest BCUT2D eigenvalue weighted by Gasteiger charge is -2.59. The zero-order chi connectivity index (χ0) is 22.8. The average molecular weight is 432 g/mol. The van der Waals surface area contributed by atoms with Crippen LogP contribution in [0.5, 0.6) is 0 Å². The summed E-state index contributed by atoms with van der Waals surface area (Å²) in [6.45, 7) is 3.90. The Labute approximate surface area is 182 Å². The standard InChI is InChI=1S/C24H33NO6/c1-22-8-5-14(26)11-13(22)3-4-15-16-6-9-24(31,21(30)20(29)17(27)7-10-25)23(16,2)12-18(28)19(15)22/h5,8,11,15-16,18-20,28-29,31H,3-4,6-7,9-10,12,25H2,1-2H3/t15-,16-,18?,19+,20?,22-,23-,24-/m0/s1. The molecule has 0 aliphatic heterocycles. The van der Waals surface area contributed by atoms with Crippen LogP contribution in [0.15, 0.2) is 23.8 Å². The van der Waals surface area contributed by atoms with Gasteiger partial charge in [0.25, 0.3) is 0 Å². The summed E-state index contributed by atoms with van der Waals surface area (Å²) in [5.74, 6) is -1.66. The number of Topliss-reactive ketones (excluding diaryl/α,β-unsaturated/α-hetero) is 2. The third kappa shape index (κ3) is 3.04. The molecule has 7 nitrogen and oxygen atoms in total. The van der Waals surface area contributed by atoms with E-state index in [4.69, 9.17) is 5.73 Å². The number of fused-ring (bicyclic) bond motifs is 5. The minimum Gasteiger partial charge on any atom is -0.393 e. The molecule has 7 heteroatoms. The van der Waals surface area contributed by atoms with Crippen LogP contribution in [0.2, 0.25) is 0 Å². The highest BCUT2D eigenvalue weighted by molar-refractivity contribution is 6.09. The van der Waals surface area contributed by atoms with E-state index in [0.717, 1.165) is 18.4 Å². The fraction of sp³-hybridized carbons (Fsp3) is 0.708. The van der Waals surface area contributed by atoms with Crippen LogP contribution >= 0.6 is 0 Å². The van der Waals surface area contributed by atoms with Crippen molar-refractivity contribution in [3.63, 3.8) is 0 Å². The Kier molecular flexibility index (Phi) is 5.41. The lowest BCUT2D eigenvalue weighted by molar-refractivity contribution is -0.183. The molecule has 0 bridgehead atoms. The number of ketones is 3. The van der Waals surface area contributed by atoms with Crippen LogP contribution in [-0.2, 0) is 14.4 Å². The smallest absolute Gasteiger partial charge is 0.200 e. The Bertz CT molecular complexity index is 879. The fourth-order valence-corrected chi connectivity index (χ4v) is 7.39. The monoisotopic (exact) mass is 431 g/mol. The second kappa shape index (κ2) is 7.44. The highest BCUT2D eigenvalue weighted by Crippen LogP contribution is 2.67. The molecule has 4 rings (SSSR count). The molecule has 31 heavy (non-hydrogen) atoms. The van der Waals surface area contributed by atoms with Gasteiger partial charge < -0.3 is 21.1 Å². The van der Waals surface area contributed by atoms with Gasteiger partial charge in [-0.15, -0.1) is 0 Å². The number of aliphatic hydroxyl groups excluding tert-OH is 2. The van der Waals surface area contributed by atoms with Crippen LogP contribution < -0.4 is 5.73 Å². The summed E-state index contributed by atoms with van der Waals surface area (Å²) < 4.78 is 0. The van der Waals surface area contributed by atoms with Crippen molar-refractivity contribution >= 4 is 17.3 Å². The third-order valence-electron chi connectivity index (χ3n) is 9.00. The highest BCUT2D eigenvalue weighted by Gasteiger charge is 2.68. The summed E-state index contributed by atoms with van der Waals surface area (Å²) >= 11 is 0. The molecule has 8 atom stereocenters. The SMILES string of the molecule is C[C@]12C=CC(=O)C=C1CC[C@@H]1[C@@H]2C(O)C[C@@]2(C)[C@H]1CC[C@]2(O)C(=O)C(O)C(=O)CCN. The number of allylic oxidation sites excluding steroid dienone is 4. The second-order valence-corrected chi connectivity index (χ2v) is 10.4. The van der Waals surface area contributed by atoms with Crippen molar-refractivity contribution < 1.29 is 29.7 Å². The molecule has 0 spiro atoms. The molecule has 0 aromatic carbocycles. The van der Waals surface area contributed by atoms with E-state index in [1.54, 1.807) is 12.2 Å². The van der Waals surface area contributed by atoms with Gasteiger partial charge in [-0.25, -0.2) is 0 Å². The maximum atomic E-state index is 13.1. The van der Waals surface area contributed by atoms with Crippen LogP contribution in [0.25, 0.3) is 0 Å². The normalized spacial score (nSPS) is 44.7. The van der Waals surface area contributed by atoms with Gasteiger partial charge in [-0.05, 0) is 62.6 Å². The molecular formula is C24H33NO6. The Morgan fingerprint density at radius 3 is 2.68 bits per heavy atom. The van der Waals surface area contributed by atoms with Crippen molar-refractivity contribution in [3.8, 4) is 0 Å². The van der Waals surface area contributed by atoms with E-state index in [1.165, 1.54) is 0 Å². The molecule has 0 aromatic heterocycles. The van der Waals surface area contributed by atoms with Gasteiger partial charge in [-0.2, -0.15) is 0 Å². The molecule has 0 saturated heterocycles. The first-order chi connectivity index (χ1) is 14.5. The van der Waals surface area contributed by atoms with Crippen molar-refractivity contribution in [2.45, 2.75) is 70.2 Å². The molecule has 4 aliphatic carbocycles. The number of aliphatic hydroxyl groups is 3. The minimum atomic E-state index is -1.90. The predicted molar refractivity (Wildman–Crippen MR) is 113 cm³/mol. The summed E-state index contributed by atoms with van der Waals surface area (Å²) in [5.41, 5.74) is 3.17. The molecule has 5 N–H and O–H groups in total. The first-order valence-electron chi connectivity index (χ1n) is 11.3. The van der Waals surface area contributed by atoms with Gasteiger partial charge in [0.15, 0.2) is 17.7 Å². The van der Waals surface area contributed by atoms with E-state index in [1.807, 2.05) is 13.0 Å². The van der Waals surface area contributed by atoms with Gasteiger partial charge in [0.05, 0.1) is 6.10 Å². The maximum absolute atomic E-state index is 13.1. The van der Waals surface area contributed by atoms with Crippen molar-refractivity contribution in [1.29, 1.82) is 0 Å². The Morgan fingerprint density at radius 1 is 1.29 bits per heavy atom. The van der Waals surface area contributed by atoms with Crippen molar-refractivity contribution in [1.82, 2.24) is 0 Å². The van der Waals surface area contributed by atoms with Crippen molar-refractivity contribution in [3.05, 3.63) is 23.8 Å². The third-order valence-corrected chi connectivity index (χ3v) is 9.00. The molecule has 0 heterocycles. The Hall–Kier alpha value is -1.67. The van der Waals surface area contributed by atoms with Crippen LogP contribution in [0.1, 0.15) is 52.4 Å². The molecular weight excluding hydrogens is 398 g/mol. The summed E-state index contributed by atoms with van der Waals surface area (Å²) in [5, 5.41) is 33.2. The van der Waals surface area contributed by atoms with Crippen molar-refractivity contribution in [2.75, 3.05) is 6.54 Å². The summed E-state index contributed by atoms with van der Waals surface area (Å²) in [6.07, 6.45) is 4.79. The molecule has 170 valence electrons. The van der Waals surface area contributed by atoms with Crippen LogP contribution in [0.3, 0.4) is 0 Å². The summed E-state index contributed by atoms with van der Waals surface area (Å²) in [4.78, 5) is 37.2. The lowest BCUT2D eigenvalue weighted by atomic mass is 9.46. The molecule has 4 aliphatic rings. The number of nitrogens with two attached hydrogens (primary N) is 1. The Morgan fingerprint density at radius 2 is 2.00 bits per heavy atom. The van der Waals surface area contributed by atoms with E-state index in [2.05, 4.69) is 6.92 Å². The summed E-state index contributed by atoms with van der Waals surface area (Å²) in [7, 11) is 0. The number of hydrogen-bond acceptors (Lipinski definition) is 7. The van der Waals surface area contributed by atoms with E-state index in [9.17, 15) is 29.7 Å². The number of carbonyl (C=O) groups is 3. The largest absolute Gasteiger partial charge is 0.393 e. The quantitative estimate of drug-likeness (QED) is 0.473. The first kappa shape index (κ1) is 22.5. The van der Waals surface area contributed by atoms with Crippen LogP contribution in [0, 0.1) is 28.6 Å². The lowest BCUT2D eigenvalue weighted by Crippen LogP contribution is -2.63. The van der Waals surface area contributed by atoms with Gasteiger partial charge in [0.2, 0.25) is 5.78 Å². The van der Waals surface area contributed by atoms with Gasteiger partial charge in [-0.1, -0.05) is 25.5 Å².